The normalized spacial score (nSPS) is 25.6. The van der Waals surface area contributed by atoms with E-state index in [9.17, 15) is 4.79 Å². The molecule has 1 N–H and O–H groups in total. The van der Waals surface area contributed by atoms with Crippen molar-refractivity contribution in [2.24, 2.45) is 5.92 Å². The molecule has 120 valence electrons. The summed E-state index contributed by atoms with van der Waals surface area (Å²) in [6, 6.07) is 0.969. The van der Waals surface area contributed by atoms with Crippen molar-refractivity contribution in [3.63, 3.8) is 0 Å². The molecule has 2 amide bonds. The van der Waals surface area contributed by atoms with Gasteiger partial charge in [-0.2, -0.15) is 0 Å². The third-order valence-electron chi connectivity index (χ3n) is 5.75. The van der Waals surface area contributed by atoms with Gasteiger partial charge < -0.3 is 10.2 Å². The first kappa shape index (κ1) is 15.1. The van der Waals surface area contributed by atoms with Gasteiger partial charge in [-0.15, -0.1) is 0 Å². The summed E-state index contributed by atoms with van der Waals surface area (Å²) >= 11 is 0. The van der Waals surface area contributed by atoms with Crippen LogP contribution in [0.3, 0.4) is 0 Å². The monoisotopic (exact) mass is 293 g/mol. The topological polar surface area (TPSA) is 35.6 Å². The zero-order chi connectivity index (χ0) is 14.5. The van der Waals surface area contributed by atoms with Gasteiger partial charge in [0.25, 0.3) is 0 Å². The SMILES string of the molecule is O=C(NCCC1CCCC1)N1CCN(C2CCCC2)CC1. The standard InChI is InChI=1S/C17H31N3O/c21-17(18-10-9-15-5-1-2-6-15)20-13-11-19(12-14-20)16-7-3-4-8-16/h15-16H,1-14H2,(H,18,21). The first-order chi connectivity index (χ1) is 10.3. The molecule has 1 aliphatic heterocycles. The number of piperazine rings is 1. The average Bonchev–Trinajstić information content (AvgIpc) is 3.21. The summed E-state index contributed by atoms with van der Waals surface area (Å²) in [4.78, 5) is 16.8. The van der Waals surface area contributed by atoms with Gasteiger partial charge in [-0.05, 0) is 25.2 Å². The quantitative estimate of drug-likeness (QED) is 0.865. The molecule has 1 heterocycles. The van der Waals surface area contributed by atoms with Crippen LogP contribution in [0.15, 0.2) is 0 Å². The molecule has 4 nitrogen and oxygen atoms in total. The Hall–Kier alpha value is -0.770. The van der Waals surface area contributed by atoms with Crippen LogP contribution in [0.5, 0.6) is 0 Å². The van der Waals surface area contributed by atoms with E-state index in [1.54, 1.807) is 0 Å². The maximum Gasteiger partial charge on any atom is 0.317 e. The summed E-state index contributed by atoms with van der Waals surface area (Å²) < 4.78 is 0. The third-order valence-corrected chi connectivity index (χ3v) is 5.75. The molecule has 0 aromatic rings. The summed E-state index contributed by atoms with van der Waals surface area (Å²) in [5.74, 6) is 0.865. The zero-order valence-electron chi connectivity index (χ0n) is 13.4. The largest absolute Gasteiger partial charge is 0.338 e. The Balaban J connectivity index is 1.32. The second-order valence-electron chi connectivity index (χ2n) is 7.13. The van der Waals surface area contributed by atoms with Crippen molar-refractivity contribution in [1.29, 1.82) is 0 Å². The lowest BCUT2D eigenvalue weighted by Gasteiger charge is -2.38. The summed E-state index contributed by atoms with van der Waals surface area (Å²) in [7, 11) is 0. The molecule has 2 saturated carbocycles. The van der Waals surface area contributed by atoms with Crippen LogP contribution in [0.2, 0.25) is 0 Å². The predicted octanol–water partition coefficient (Wildman–Crippen LogP) is 2.84. The zero-order valence-corrected chi connectivity index (χ0v) is 13.4. The fourth-order valence-corrected chi connectivity index (χ4v) is 4.35. The van der Waals surface area contributed by atoms with E-state index >= 15 is 0 Å². The Morgan fingerprint density at radius 2 is 1.52 bits per heavy atom. The molecule has 3 fully saturated rings. The van der Waals surface area contributed by atoms with E-state index in [0.717, 1.165) is 44.7 Å². The summed E-state index contributed by atoms with van der Waals surface area (Å²) in [6.45, 7) is 4.82. The number of urea groups is 1. The maximum atomic E-state index is 12.2. The predicted molar refractivity (Wildman–Crippen MR) is 85.4 cm³/mol. The number of carbonyl (C=O) groups excluding carboxylic acids is 1. The highest BCUT2D eigenvalue weighted by Gasteiger charge is 2.27. The molecule has 3 rings (SSSR count). The number of nitrogens with zero attached hydrogens (tertiary/aromatic N) is 2. The minimum absolute atomic E-state index is 0.166. The third kappa shape index (κ3) is 4.12. The van der Waals surface area contributed by atoms with Gasteiger partial charge in [0.15, 0.2) is 0 Å². The minimum atomic E-state index is 0.166. The lowest BCUT2D eigenvalue weighted by Crippen LogP contribution is -2.53. The number of nitrogens with one attached hydrogen (secondary N) is 1. The number of hydrogen-bond donors (Lipinski definition) is 1. The Morgan fingerprint density at radius 1 is 0.905 bits per heavy atom. The van der Waals surface area contributed by atoms with E-state index in [1.165, 1.54) is 57.8 Å². The van der Waals surface area contributed by atoms with Crippen LogP contribution in [-0.4, -0.2) is 54.6 Å². The number of carbonyl (C=O) groups is 1. The van der Waals surface area contributed by atoms with E-state index < -0.39 is 0 Å². The average molecular weight is 293 g/mol. The van der Waals surface area contributed by atoms with Gasteiger partial charge in [-0.3, -0.25) is 4.90 Å². The van der Waals surface area contributed by atoms with Crippen LogP contribution in [0.25, 0.3) is 0 Å². The molecule has 0 bridgehead atoms. The van der Waals surface area contributed by atoms with Gasteiger partial charge in [-0.25, -0.2) is 4.79 Å². The fraction of sp³-hybridized carbons (Fsp3) is 0.941. The maximum absolute atomic E-state index is 12.2. The first-order valence-corrected chi connectivity index (χ1v) is 9.10. The molecule has 0 unspecified atom stereocenters. The molecular formula is C17H31N3O. The van der Waals surface area contributed by atoms with Crippen molar-refractivity contribution >= 4 is 6.03 Å². The van der Waals surface area contributed by atoms with E-state index in [2.05, 4.69) is 10.2 Å². The van der Waals surface area contributed by atoms with Crippen LogP contribution >= 0.6 is 0 Å². The van der Waals surface area contributed by atoms with Crippen LogP contribution in [0.1, 0.15) is 57.8 Å². The highest BCUT2D eigenvalue weighted by molar-refractivity contribution is 5.74. The van der Waals surface area contributed by atoms with Crippen molar-refractivity contribution in [3.05, 3.63) is 0 Å². The van der Waals surface area contributed by atoms with E-state index in [-0.39, 0.29) is 6.03 Å². The van der Waals surface area contributed by atoms with E-state index in [0.29, 0.717) is 0 Å². The Labute approximate surface area is 129 Å². The van der Waals surface area contributed by atoms with E-state index in [4.69, 9.17) is 0 Å². The second kappa shape index (κ2) is 7.48. The van der Waals surface area contributed by atoms with Gasteiger partial charge in [0.2, 0.25) is 0 Å². The van der Waals surface area contributed by atoms with Gasteiger partial charge in [0.1, 0.15) is 0 Å². The summed E-state index contributed by atoms with van der Waals surface area (Å²) in [5, 5.41) is 3.13. The Morgan fingerprint density at radius 3 is 2.19 bits per heavy atom. The molecule has 0 aromatic carbocycles. The Kier molecular flexibility index (Phi) is 5.39. The molecule has 4 heteroatoms. The number of hydrogen-bond acceptors (Lipinski definition) is 2. The molecule has 2 aliphatic carbocycles. The van der Waals surface area contributed by atoms with Gasteiger partial charge in [0.05, 0.1) is 0 Å². The minimum Gasteiger partial charge on any atom is -0.338 e. The molecule has 3 aliphatic rings. The molecular weight excluding hydrogens is 262 g/mol. The van der Waals surface area contributed by atoms with Crippen LogP contribution < -0.4 is 5.32 Å². The van der Waals surface area contributed by atoms with Crippen molar-refractivity contribution in [1.82, 2.24) is 15.1 Å². The number of amides is 2. The second-order valence-corrected chi connectivity index (χ2v) is 7.13. The van der Waals surface area contributed by atoms with Crippen molar-refractivity contribution in [2.75, 3.05) is 32.7 Å². The smallest absolute Gasteiger partial charge is 0.317 e. The molecule has 1 saturated heterocycles. The summed E-state index contributed by atoms with van der Waals surface area (Å²) in [5.41, 5.74) is 0. The molecule has 21 heavy (non-hydrogen) atoms. The van der Waals surface area contributed by atoms with Crippen LogP contribution in [0, 0.1) is 5.92 Å². The lowest BCUT2D eigenvalue weighted by molar-refractivity contribution is 0.109. The van der Waals surface area contributed by atoms with Crippen LogP contribution in [0.4, 0.5) is 4.79 Å². The molecule has 0 aromatic heterocycles. The van der Waals surface area contributed by atoms with Crippen molar-refractivity contribution < 1.29 is 4.79 Å². The van der Waals surface area contributed by atoms with Crippen molar-refractivity contribution in [2.45, 2.75) is 63.8 Å². The van der Waals surface area contributed by atoms with Crippen molar-refractivity contribution in [3.8, 4) is 0 Å². The van der Waals surface area contributed by atoms with E-state index in [1.807, 2.05) is 4.90 Å². The van der Waals surface area contributed by atoms with Gasteiger partial charge in [-0.1, -0.05) is 38.5 Å². The fourth-order valence-electron chi connectivity index (χ4n) is 4.35. The summed E-state index contributed by atoms with van der Waals surface area (Å²) in [6.07, 6.45) is 12.2. The molecule has 0 atom stereocenters. The molecule has 0 radical (unpaired) electrons. The number of rotatable bonds is 4. The van der Waals surface area contributed by atoms with Crippen LogP contribution in [-0.2, 0) is 0 Å². The lowest BCUT2D eigenvalue weighted by atomic mass is 10.0. The highest BCUT2D eigenvalue weighted by Crippen LogP contribution is 2.27. The Bertz CT molecular complexity index is 327. The van der Waals surface area contributed by atoms with Gasteiger partial charge in [0, 0.05) is 38.8 Å². The molecule has 0 spiro atoms. The first-order valence-electron chi connectivity index (χ1n) is 9.10. The van der Waals surface area contributed by atoms with Gasteiger partial charge >= 0.3 is 6.03 Å². The highest BCUT2D eigenvalue weighted by atomic mass is 16.2.